The monoisotopic (exact) mass is 312 g/mol. The van der Waals surface area contributed by atoms with Crippen LogP contribution in [-0.4, -0.2) is 14.8 Å². The predicted octanol–water partition coefficient (Wildman–Crippen LogP) is 3.95. The maximum atomic E-state index is 5.54. The summed E-state index contributed by atoms with van der Waals surface area (Å²) in [4.78, 5) is 4.31. The Morgan fingerprint density at radius 1 is 1.14 bits per heavy atom. The zero-order valence-electron chi connectivity index (χ0n) is 12.4. The van der Waals surface area contributed by atoms with Crippen molar-refractivity contribution in [1.29, 1.82) is 0 Å². The van der Waals surface area contributed by atoms with E-state index in [1.54, 1.807) is 17.1 Å². The van der Waals surface area contributed by atoms with Crippen molar-refractivity contribution in [3.63, 3.8) is 0 Å². The Balaban J connectivity index is 1.79. The summed E-state index contributed by atoms with van der Waals surface area (Å²) in [5, 5.41) is 7.71. The van der Waals surface area contributed by atoms with Gasteiger partial charge in [0, 0.05) is 23.6 Å². The first kappa shape index (κ1) is 14.5. The minimum atomic E-state index is 0.337. The Hall–Kier alpha value is -2.47. The van der Waals surface area contributed by atoms with Gasteiger partial charge in [0.1, 0.15) is 6.67 Å². The Kier molecular flexibility index (Phi) is 4.02. The molecule has 0 aliphatic carbocycles. The average molecular weight is 312 g/mol. The van der Waals surface area contributed by atoms with Gasteiger partial charge in [0.2, 0.25) is 5.89 Å². The summed E-state index contributed by atoms with van der Waals surface area (Å²) in [5.41, 5.74) is 4.31. The van der Waals surface area contributed by atoms with Crippen molar-refractivity contribution < 1.29 is 4.42 Å². The van der Waals surface area contributed by atoms with Crippen molar-refractivity contribution in [2.24, 2.45) is 0 Å². The zero-order chi connectivity index (χ0) is 15.5. The Labute approximate surface area is 133 Å². The number of nitrogens with one attached hydrogen (secondary N) is 1. The number of hydrogen-bond donors (Lipinski definition) is 1. The standard InChI is InChI=1S/C16H16N4OS/c1-11-7-12(2)9-14(8-11)18-10-20-16(22)21-15(19-20)13-3-5-17-6-4-13/h3-9,18H,10H2,1-2H3. The molecule has 0 aliphatic heterocycles. The molecule has 0 unspecified atom stereocenters. The SMILES string of the molecule is Cc1cc(C)cc(NCn2nc(-c3ccncc3)oc2=S)c1. The molecule has 3 rings (SSSR count). The molecule has 0 spiro atoms. The van der Waals surface area contributed by atoms with E-state index >= 15 is 0 Å². The number of benzene rings is 1. The van der Waals surface area contributed by atoms with Gasteiger partial charge in [0.15, 0.2) is 0 Å². The molecule has 0 aliphatic rings. The summed E-state index contributed by atoms with van der Waals surface area (Å²) in [6.07, 6.45) is 3.39. The number of aryl methyl sites for hydroxylation is 2. The second-order valence-corrected chi connectivity index (χ2v) is 5.47. The normalized spacial score (nSPS) is 10.6. The number of pyridine rings is 1. The summed E-state index contributed by atoms with van der Waals surface area (Å²) in [6, 6.07) is 9.97. The zero-order valence-corrected chi connectivity index (χ0v) is 13.2. The van der Waals surface area contributed by atoms with Crippen LogP contribution in [0.5, 0.6) is 0 Å². The van der Waals surface area contributed by atoms with Gasteiger partial charge in [-0.25, -0.2) is 4.68 Å². The number of rotatable bonds is 4. The van der Waals surface area contributed by atoms with Crippen molar-refractivity contribution in [2.45, 2.75) is 20.5 Å². The van der Waals surface area contributed by atoms with Crippen LogP contribution in [0.25, 0.3) is 11.5 Å². The van der Waals surface area contributed by atoms with E-state index in [0.717, 1.165) is 11.3 Å². The summed E-state index contributed by atoms with van der Waals surface area (Å²) < 4.78 is 7.16. The first-order chi connectivity index (χ1) is 10.6. The van der Waals surface area contributed by atoms with Gasteiger partial charge in [-0.05, 0) is 61.5 Å². The Bertz CT molecular complexity index is 819. The van der Waals surface area contributed by atoms with Crippen LogP contribution in [0.15, 0.2) is 47.1 Å². The average Bonchev–Trinajstić information content (AvgIpc) is 2.86. The van der Waals surface area contributed by atoms with E-state index in [1.807, 2.05) is 12.1 Å². The minimum Gasteiger partial charge on any atom is -0.409 e. The van der Waals surface area contributed by atoms with Crippen molar-refractivity contribution in [1.82, 2.24) is 14.8 Å². The highest BCUT2D eigenvalue weighted by molar-refractivity contribution is 7.71. The van der Waals surface area contributed by atoms with Gasteiger partial charge in [-0.3, -0.25) is 4.98 Å². The third kappa shape index (κ3) is 3.23. The molecule has 2 heterocycles. The molecule has 5 nitrogen and oxygen atoms in total. The lowest BCUT2D eigenvalue weighted by Gasteiger charge is -2.07. The highest BCUT2D eigenvalue weighted by Gasteiger charge is 2.07. The van der Waals surface area contributed by atoms with Gasteiger partial charge in [0.25, 0.3) is 4.84 Å². The lowest BCUT2D eigenvalue weighted by molar-refractivity contribution is 0.522. The van der Waals surface area contributed by atoms with Crippen LogP contribution in [0.2, 0.25) is 0 Å². The van der Waals surface area contributed by atoms with Crippen LogP contribution >= 0.6 is 12.2 Å². The molecule has 22 heavy (non-hydrogen) atoms. The first-order valence-corrected chi connectivity index (χ1v) is 7.33. The van der Waals surface area contributed by atoms with Crippen LogP contribution in [0.1, 0.15) is 11.1 Å². The fourth-order valence-corrected chi connectivity index (χ4v) is 2.44. The number of nitrogens with zero attached hydrogens (tertiary/aromatic N) is 3. The summed E-state index contributed by atoms with van der Waals surface area (Å²) >= 11 is 5.22. The summed E-state index contributed by atoms with van der Waals surface area (Å²) in [5.74, 6) is 0.495. The van der Waals surface area contributed by atoms with Gasteiger partial charge in [-0.15, -0.1) is 5.10 Å². The smallest absolute Gasteiger partial charge is 0.289 e. The van der Waals surface area contributed by atoms with Crippen molar-refractivity contribution >= 4 is 17.9 Å². The maximum absolute atomic E-state index is 5.54. The molecule has 0 saturated heterocycles. The van der Waals surface area contributed by atoms with Crippen LogP contribution in [0, 0.1) is 18.7 Å². The number of aromatic nitrogens is 3. The fraction of sp³-hybridized carbons (Fsp3) is 0.188. The molecule has 112 valence electrons. The molecule has 6 heteroatoms. The first-order valence-electron chi connectivity index (χ1n) is 6.92. The molecule has 1 aromatic carbocycles. The van der Waals surface area contributed by atoms with E-state index in [1.165, 1.54) is 11.1 Å². The van der Waals surface area contributed by atoms with Gasteiger partial charge in [-0.2, -0.15) is 0 Å². The van der Waals surface area contributed by atoms with E-state index in [-0.39, 0.29) is 0 Å². The van der Waals surface area contributed by atoms with Crippen molar-refractivity contribution in [3.05, 3.63) is 58.7 Å². The van der Waals surface area contributed by atoms with Crippen LogP contribution in [0.3, 0.4) is 0 Å². The van der Waals surface area contributed by atoms with Gasteiger partial charge in [-0.1, -0.05) is 6.07 Å². The third-order valence-corrected chi connectivity index (χ3v) is 3.48. The highest BCUT2D eigenvalue weighted by atomic mass is 32.1. The Morgan fingerprint density at radius 2 is 1.82 bits per heavy atom. The van der Waals surface area contributed by atoms with E-state index in [0.29, 0.717) is 17.4 Å². The number of anilines is 1. The number of hydrogen-bond acceptors (Lipinski definition) is 5. The Morgan fingerprint density at radius 3 is 2.50 bits per heavy atom. The molecule has 2 aromatic heterocycles. The lowest BCUT2D eigenvalue weighted by Crippen LogP contribution is -2.09. The van der Waals surface area contributed by atoms with Crippen LogP contribution in [-0.2, 0) is 6.67 Å². The summed E-state index contributed by atoms with van der Waals surface area (Å²) in [7, 11) is 0. The van der Waals surface area contributed by atoms with Gasteiger partial charge >= 0.3 is 0 Å². The largest absolute Gasteiger partial charge is 0.409 e. The van der Waals surface area contributed by atoms with E-state index in [9.17, 15) is 0 Å². The molecule has 1 N–H and O–H groups in total. The van der Waals surface area contributed by atoms with Crippen molar-refractivity contribution in [3.8, 4) is 11.5 Å². The molecule has 0 saturated carbocycles. The maximum Gasteiger partial charge on any atom is 0.289 e. The third-order valence-electron chi connectivity index (χ3n) is 3.19. The molecule has 0 atom stereocenters. The second-order valence-electron chi connectivity index (χ2n) is 5.12. The predicted molar refractivity (Wildman–Crippen MR) is 88.1 cm³/mol. The lowest BCUT2D eigenvalue weighted by atomic mass is 10.1. The highest BCUT2D eigenvalue weighted by Crippen LogP contribution is 2.17. The molecule has 0 amide bonds. The molecule has 0 fully saturated rings. The van der Waals surface area contributed by atoms with Gasteiger partial charge < -0.3 is 9.73 Å². The minimum absolute atomic E-state index is 0.337. The van der Waals surface area contributed by atoms with Gasteiger partial charge in [0.05, 0.1) is 0 Å². The quantitative estimate of drug-likeness (QED) is 0.739. The van der Waals surface area contributed by atoms with E-state index < -0.39 is 0 Å². The van der Waals surface area contributed by atoms with Crippen molar-refractivity contribution in [2.75, 3.05) is 5.32 Å². The molecule has 0 radical (unpaired) electrons. The van der Waals surface area contributed by atoms with E-state index in [4.69, 9.17) is 16.6 Å². The molecule has 0 bridgehead atoms. The van der Waals surface area contributed by atoms with Crippen LogP contribution < -0.4 is 5.32 Å². The fourth-order valence-electron chi connectivity index (χ4n) is 2.26. The second kappa shape index (κ2) is 6.11. The summed E-state index contributed by atoms with van der Waals surface area (Å²) in [6.45, 7) is 4.60. The molecule has 3 aromatic rings. The topological polar surface area (TPSA) is 55.9 Å². The van der Waals surface area contributed by atoms with E-state index in [2.05, 4.69) is 47.4 Å². The van der Waals surface area contributed by atoms with Crippen LogP contribution in [0.4, 0.5) is 5.69 Å². The molecular weight excluding hydrogens is 296 g/mol. The molecular formula is C16H16N4OS.